The highest BCUT2D eigenvalue weighted by Crippen LogP contribution is 2.23. The number of rotatable bonds is 6. The molecule has 2 heterocycles. The highest BCUT2D eigenvalue weighted by atomic mass is 15.5. The molecule has 6 heteroatoms. The molecule has 3 rings (SSSR count). The predicted octanol–water partition coefficient (Wildman–Crippen LogP) is 3.34. The van der Waals surface area contributed by atoms with Crippen molar-refractivity contribution in [3.63, 3.8) is 0 Å². The Balaban J connectivity index is 1.81. The second kappa shape index (κ2) is 6.51. The third kappa shape index (κ3) is 3.39. The van der Waals surface area contributed by atoms with Crippen LogP contribution in [-0.4, -0.2) is 25.6 Å². The molecular weight excluding hydrogens is 276 g/mol. The van der Waals surface area contributed by atoms with Gasteiger partial charge in [-0.05, 0) is 37.0 Å². The lowest BCUT2D eigenvalue weighted by molar-refractivity contribution is 0.510. The van der Waals surface area contributed by atoms with Gasteiger partial charge in [0.25, 0.3) is 0 Å². The summed E-state index contributed by atoms with van der Waals surface area (Å²) in [5, 5.41) is 19.0. The van der Waals surface area contributed by atoms with Crippen LogP contribution in [0.3, 0.4) is 0 Å². The van der Waals surface area contributed by atoms with E-state index in [1.807, 2.05) is 24.3 Å². The summed E-state index contributed by atoms with van der Waals surface area (Å²) in [4.78, 5) is 4.65. The summed E-state index contributed by atoms with van der Waals surface area (Å²) in [5.74, 6) is 2.13. The molecule has 2 aromatic heterocycles. The first kappa shape index (κ1) is 14.4. The molecule has 1 unspecified atom stereocenters. The van der Waals surface area contributed by atoms with Gasteiger partial charge in [-0.3, -0.25) is 0 Å². The van der Waals surface area contributed by atoms with E-state index in [2.05, 4.69) is 56.9 Å². The van der Waals surface area contributed by atoms with E-state index in [0.29, 0.717) is 11.7 Å². The number of aromatic amines is 1. The van der Waals surface area contributed by atoms with Crippen molar-refractivity contribution >= 4 is 16.7 Å². The molecule has 0 aliphatic rings. The number of benzene rings is 1. The minimum absolute atomic E-state index is 0.00909. The van der Waals surface area contributed by atoms with Crippen LogP contribution in [0.2, 0.25) is 0 Å². The van der Waals surface area contributed by atoms with Crippen molar-refractivity contribution in [1.82, 2.24) is 25.6 Å². The van der Waals surface area contributed by atoms with Gasteiger partial charge in [-0.2, -0.15) is 5.21 Å². The topological polar surface area (TPSA) is 79.4 Å². The average Bonchev–Trinajstić information content (AvgIpc) is 3.05. The van der Waals surface area contributed by atoms with Crippen molar-refractivity contribution in [3.8, 4) is 0 Å². The number of aromatic nitrogens is 5. The molecule has 0 saturated carbocycles. The molecule has 0 amide bonds. The molecule has 0 fully saturated rings. The lowest BCUT2D eigenvalue weighted by atomic mass is 10.0. The van der Waals surface area contributed by atoms with Crippen LogP contribution in [0.15, 0.2) is 36.4 Å². The van der Waals surface area contributed by atoms with Gasteiger partial charge in [0.2, 0.25) is 0 Å². The largest absolute Gasteiger partial charge is 0.360 e. The van der Waals surface area contributed by atoms with Crippen LogP contribution in [0, 0.1) is 5.92 Å². The van der Waals surface area contributed by atoms with Crippen molar-refractivity contribution in [2.45, 2.75) is 32.7 Å². The van der Waals surface area contributed by atoms with E-state index < -0.39 is 0 Å². The predicted molar refractivity (Wildman–Crippen MR) is 86.4 cm³/mol. The van der Waals surface area contributed by atoms with E-state index in [1.54, 1.807) is 0 Å². The summed E-state index contributed by atoms with van der Waals surface area (Å²) in [7, 11) is 0. The average molecular weight is 296 g/mol. The van der Waals surface area contributed by atoms with Gasteiger partial charge in [0.15, 0.2) is 5.82 Å². The SMILES string of the molecule is CC(C)CCC(Nc1ccc2ccccc2n1)c1nn[nH]n1. The molecule has 6 nitrogen and oxygen atoms in total. The zero-order valence-corrected chi connectivity index (χ0v) is 12.8. The third-order valence-corrected chi connectivity index (χ3v) is 3.63. The minimum Gasteiger partial charge on any atom is -0.360 e. The van der Waals surface area contributed by atoms with Gasteiger partial charge in [-0.25, -0.2) is 4.98 Å². The zero-order chi connectivity index (χ0) is 15.4. The fraction of sp³-hybridized carbons (Fsp3) is 0.375. The van der Waals surface area contributed by atoms with Gasteiger partial charge in [0.1, 0.15) is 5.82 Å². The van der Waals surface area contributed by atoms with Crippen LogP contribution in [0.25, 0.3) is 10.9 Å². The van der Waals surface area contributed by atoms with Crippen molar-refractivity contribution in [1.29, 1.82) is 0 Å². The Bertz CT molecular complexity index is 722. The van der Waals surface area contributed by atoms with E-state index in [4.69, 9.17) is 0 Å². The highest BCUT2D eigenvalue weighted by molar-refractivity contribution is 5.80. The number of nitrogens with zero attached hydrogens (tertiary/aromatic N) is 4. The molecule has 0 bridgehead atoms. The van der Waals surface area contributed by atoms with Gasteiger partial charge in [-0.15, -0.1) is 10.2 Å². The molecule has 0 aliphatic heterocycles. The molecule has 0 spiro atoms. The first-order valence-corrected chi connectivity index (χ1v) is 7.58. The second-order valence-electron chi connectivity index (χ2n) is 5.83. The van der Waals surface area contributed by atoms with Gasteiger partial charge >= 0.3 is 0 Å². The Kier molecular flexibility index (Phi) is 4.27. The number of fused-ring (bicyclic) bond motifs is 1. The monoisotopic (exact) mass is 296 g/mol. The van der Waals surface area contributed by atoms with Crippen LogP contribution < -0.4 is 5.32 Å². The molecule has 0 radical (unpaired) electrons. The maximum atomic E-state index is 4.65. The van der Waals surface area contributed by atoms with Gasteiger partial charge in [0.05, 0.1) is 11.6 Å². The van der Waals surface area contributed by atoms with Crippen LogP contribution in [0.1, 0.15) is 38.6 Å². The number of hydrogen-bond acceptors (Lipinski definition) is 5. The third-order valence-electron chi connectivity index (χ3n) is 3.63. The number of pyridine rings is 1. The summed E-state index contributed by atoms with van der Waals surface area (Å²) >= 11 is 0. The maximum Gasteiger partial charge on any atom is 0.196 e. The molecule has 2 N–H and O–H groups in total. The maximum absolute atomic E-state index is 4.65. The number of anilines is 1. The number of H-pyrrole nitrogens is 1. The Morgan fingerprint density at radius 3 is 2.73 bits per heavy atom. The number of tetrazole rings is 1. The minimum atomic E-state index is 0.00909. The van der Waals surface area contributed by atoms with Gasteiger partial charge in [-0.1, -0.05) is 37.3 Å². The van der Waals surface area contributed by atoms with Crippen LogP contribution in [0.4, 0.5) is 5.82 Å². The van der Waals surface area contributed by atoms with Crippen LogP contribution in [0.5, 0.6) is 0 Å². The smallest absolute Gasteiger partial charge is 0.196 e. The summed E-state index contributed by atoms with van der Waals surface area (Å²) in [5.41, 5.74) is 0.975. The molecule has 0 aliphatic carbocycles. The molecule has 0 saturated heterocycles. The first-order chi connectivity index (χ1) is 10.7. The number of para-hydroxylation sites is 1. The summed E-state index contributed by atoms with van der Waals surface area (Å²) in [6, 6.07) is 12.1. The van der Waals surface area contributed by atoms with Crippen LogP contribution >= 0.6 is 0 Å². The lowest BCUT2D eigenvalue weighted by Crippen LogP contribution is -2.14. The van der Waals surface area contributed by atoms with Crippen molar-refractivity contribution in [3.05, 3.63) is 42.2 Å². The number of nitrogens with one attached hydrogen (secondary N) is 2. The Morgan fingerprint density at radius 1 is 1.09 bits per heavy atom. The molecule has 1 atom stereocenters. The molecule has 114 valence electrons. The number of hydrogen-bond donors (Lipinski definition) is 2. The normalized spacial score (nSPS) is 12.7. The molecule has 1 aromatic carbocycles. The summed E-state index contributed by atoms with van der Waals surface area (Å²) in [6.45, 7) is 4.42. The molecule has 3 aromatic rings. The van der Waals surface area contributed by atoms with Crippen molar-refractivity contribution in [2.24, 2.45) is 5.92 Å². The quantitative estimate of drug-likeness (QED) is 0.729. The fourth-order valence-corrected chi connectivity index (χ4v) is 2.41. The molecule has 22 heavy (non-hydrogen) atoms. The Morgan fingerprint density at radius 2 is 1.95 bits per heavy atom. The van der Waals surface area contributed by atoms with E-state index >= 15 is 0 Å². The van der Waals surface area contributed by atoms with Gasteiger partial charge < -0.3 is 5.32 Å². The van der Waals surface area contributed by atoms with Crippen LogP contribution in [-0.2, 0) is 0 Å². The van der Waals surface area contributed by atoms with Crippen molar-refractivity contribution < 1.29 is 0 Å². The summed E-state index contributed by atoms with van der Waals surface area (Å²) < 4.78 is 0. The fourth-order valence-electron chi connectivity index (χ4n) is 2.41. The van der Waals surface area contributed by atoms with E-state index in [1.165, 1.54) is 0 Å². The van der Waals surface area contributed by atoms with Gasteiger partial charge in [0, 0.05) is 5.39 Å². The van der Waals surface area contributed by atoms with Crippen molar-refractivity contribution in [2.75, 3.05) is 5.32 Å². The van der Waals surface area contributed by atoms with E-state index in [9.17, 15) is 0 Å². The standard InChI is InChI=1S/C16H20N6/c1-11(2)7-9-14(16-19-21-22-20-16)18-15-10-8-12-5-3-4-6-13(12)17-15/h3-6,8,10-11,14H,7,9H2,1-2H3,(H,17,18)(H,19,20,21,22). The Labute approximate surface area is 129 Å². The Hall–Kier alpha value is -2.50. The zero-order valence-electron chi connectivity index (χ0n) is 12.8. The second-order valence-corrected chi connectivity index (χ2v) is 5.83. The van der Waals surface area contributed by atoms with E-state index in [-0.39, 0.29) is 6.04 Å². The molecular formula is C16H20N6. The summed E-state index contributed by atoms with van der Waals surface area (Å²) in [6.07, 6.45) is 2.02. The highest BCUT2D eigenvalue weighted by Gasteiger charge is 2.17. The lowest BCUT2D eigenvalue weighted by Gasteiger charge is -2.17. The van der Waals surface area contributed by atoms with E-state index in [0.717, 1.165) is 29.6 Å². The first-order valence-electron chi connectivity index (χ1n) is 7.58.